The molecule has 4 rings (SSSR count). The third-order valence-electron chi connectivity index (χ3n) is 8.61. The Morgan fingerprint density at radius 1 is 0.623 bits per heavy atom. The zero-order valence-electron chi connectivity index (χ0n) is 32.2. The van der Waals surface area contributed by atoms with Crippen LogP contribution in [0.25, 0.3) is 0 Å². The second-order valence-corrected chi connectivity index (χ2v) is 15.1. The molecule has 0 aromatic heterocycles. The van der Waals surface area contributed by atoms with Gasteiger partial charge in [0.05, 0.1) is 31.2 Å². The summed E-state index contributed by atoms with van der Waals surface area (Å²) in [6.07, 6.45) is 4.10. The van der Waals surface area contributed by atoms with Gasteiger partial charge in [-0.2, -0.15) is 0 Å². The highest BCUT2D eigenvalue weighted by molar-refractivity contribution is 6.08. The van der Waals surface area contributed by atoms with Crippen LogP contribution >= 0.6 is 0 Å². The highest BCUT2D eigenvalue weighted by atomic mass is 19.1. The zero-order valence-corrected chi connectivity index (χ0v) is 32.2. The summed E-state index contributed by atoms with van der Waals surface area (Å²) in [4.78, 5) is 40.1. The number of rotatable bonds is 18. The Balaban J connectivity index is 1.49. The summed E-state index contributed by atoms with van der Waals surface area (Å²) in [6, 6.07) is 13.8. The number of halogens is 1. The van der Waals surface area contributed by atoms with E-state index in [1.807, 2.05) is 41.5 Å². The molecule has 0 saturated heterocycles. The van der Waals surface area contributed by atoms with Crippen molar-refractivity contribution in [3.05, 3.63) is 77.1 Å². The molecule has 0 bridgehead atoms. The minimum absolute atomic E-state index is 0.0570. The van der Waals surface area contributed by atoms with E-state index in [1.54, 1.807) is 36.4 Å². The summed E-state index contributed by atoms with van der Waals surface area (Å²) in [6.45, 7) is 16.0. The van der Waals surface area contributed by atoms with E-state index in [0.717, 1.165) is 25.7 Å². The van der Waals surface area contributed by atoms with Gasteiger partial charge in [0.2, 0.25) is 0 Å². The van der Waals surface area contributed by atoms with Crippen molar-refractivity contribution in [3.63, 3.8) is 0 Å². The Morgan fingerprint density at radius 3 is 1.60 bits per heavy atom. The number of carbonyl (C=O) groups excluding carboxylic acids is 3. The Morgan fingerprint density at radius 2 is 1.09 bits per heavy atom. The number of nitrogens with one attached hydrogen (secondary N) is 3. The molecule has 1 fully saturated rings. The maximum absolute atomic E-state index is 14.5. The highest BCUT2D eigenvalue weighted by Gasteiger charge is 2.22. The molecule has 11 heteroatoms. The lowest BCUT2D eigenvalue weighted by molar-refractivity contribution is 0.0807. The molecule has 3 N–H and O–H groups in total. The summed E-state index contributed by atoms with van der Waals surface area (Å²) in [5.74, 6) is 0.348. The molecular formula is C42H56FN3O7. The minimum atomic E-state index is -0.591. The maximum Gasteiger partial charge on any atom is 0.255 e. The van der Waals surface area contributed by atoms with Crippen LogP contribution in [0, 0.1) is 29.5 Å². The molecule has 0 radical (unpaired) electrons. The molecule has 0 spiro atoms. The Labute approximate surface area is 313 Å². The van der Waals surface area contributed by atoms with Gasteiger partial charge >= 0.3 is 0 Å². The summed E-state index contributed by atoms with van der Waals surface area (Å²) < 4.78 is 37.7. The average molecular weight is 734 g/mol. The van der Waals surface area contributed by atoms with Gasteiger partial charge in [0, 0.05) is 29.3 Å². The van der Waals surface area contributed by atoms with E-state index in [-0.39, 0.29) is 47.3 Å². The van der Waals surface area contributed by atoms with Crippen molar-refractivity contribution in [1.82, 2.24) is 5.32 Å². The van der Waals surface area contributed by atoms with Crippen LogP contribution in [0.4, 0.5) is 15.8 Å². The Hall–Kier alpha value is -4.64. The molecule has 0 aliphatic heterocycles. The summed E-state index contributed by atoms with van der Waals surface area (Å²) >= 11 is 0. The van der Waals surface area contributed by atoms with Crippen LogP contribution in [-0.4, -0.2) is 56.8 Å². The molecule has 3 aromatic carbocycles. The fourth-order valence-electron chi connectivity index (χ4n) is 5.63. The predicted molar refractivity (Wildman–Crippen MR) is 206 cm³/mol. The molecule has 3 amide bonds. The summed E-state index contributed by atoms with van der Waals surface area (Å²) in [7, 11) is 0. The quantitative estimate of drug-likeness (QED) is 0.112. The maximum atomic E-state index is 14.5. The molecular weight excluding hydrogens is 677 g/mol. The van der Waals surface area contributed by atoms with Crippen molar-refractivity contribution >= 4 is 29.1 Å². The van der Waals surface area contributed by atoms with Gasteiger partial charge in [0.15, 0.2) is 11.6 Å². The third kappa shape index (κ3) is 13.1. The molecule has 1 aliphatic rings. The van der Waals surface area contributed by atoms with E-state index in [0.29, 0.717) is 66.7 Å². The van der Waals surface area contributed by atoms with E-state index in [2.05, 4.69) is 22.9 Å². The van der Waals surface area contributed by atoms with Crippen LogP contribution in [0.15, 0.2) is 54.6 Å². The van der Waals surface area contributed by atoms with Crippen molar-refractivity contribution in [2.75, 3.05) is 43.7 Å². The van der Waals surface area contributed by atoms with E-state index < -0.39 is 17.6 Å². The van der Waals surface area contributed by atoms with Gasteiger partial charge in [-0.25, -0.2) is 4.39 Å². The molecule has 1 saturated carbocycles. The van der Waals surface area contributed by atoms with Crippen molar-refractivity contribution in [2.24, 2.45) is 23.7 Å². The summed E-state index contributed by atoms with van der Waals surface area (Å²) in [5, 5.41) is 8.91. The Kier molecular flexibility index (Phi) is 15.5. The predicted octanol–water partition coefficient (Wildman–Crippen LogP) is 8.76. The third-order valence-corrected chi connectivity index (χ3v) is 8.61. The van der Waals surface area contributed by atoms with E-state index in [9.17, 15) is 18.8 Å². The van der Waals surface area contributed by atoms with Crippen molar-refractivity contribution < 1.29 is 37.7 Å². The molecule has 288 valence electrons. The van der Waals surface area contributed by atoms with Gasteiger partial charge in [-0.05, 0) is 104 Å². The standard InChI is InChI=1S/C42H56FN3O7/c1-26(2)23-50-18-19-51-37-20-30(10-15-34(37)43)41(48)45-36-17-12-32(22-39(36)53-25-28(5)6)42(49)46-35-16-11-31(21-38(35)52-24-27(3)4)40(47)44-33-13-8-29(7)9-14-33/h10-12,15-17,20-22,26-29,33H,8-9,13-14,18-19,23-25H2,1-7H3,(H,44,47)(H,45,48)(H,46,49)/t29-,33-. The van der Waals surface area contributed by atoms with Crippen molar-refractivity contribution in [3.8, 4) is 17.2 Å². The van der Waals surface area contributed by atoms with Crippen LogP contribution in [-0.2, 0) is 4.74 Å². The van der Waals surface area contributed by atoms with Crippen LogP contribution in [0.2, 0.25) is 0 Å². The van der Waals surface area contributed by atoms with Gasteiger partial charge < -0.3 is 34.9 Å². The topological polar surface area (TPSA) is 124 Å². The fourth-order valence-corrected chi connectivity index (χ4v) is 5.63. The number of amides is 3. The van der Waals surface area contributed by atoms with Crippen LogP contribution in [0.1, 0.15) is 105 Å². The summed E-state index contributed by atoms with van der Waals surface area (Å²) in [5.41, 5.74) is 1.68. The van der Waals surface area contributed by atoms with Gasteiger partial charge in [-0.15, -0.1) is 0 Å². The highest BCUT2D eigenvalue weighted by Crippen LogP contribution is 2.31. The molecule has 10 nitrogen and oxygen atoms in total. The second kappa shape index (κ2) is 20.0. The first-order valence-corrected chi connectivity index (χ1v) is 18.8. The van der Waals surface area contributed by atoms with Gasteiger partial charge in [0.25, 0.3) is 17.7 Å². The molecule has 0 atom stereocenters. The fraction of sp³-hybridized carbons (Fsp3) is 0.500. The number of hydrogen-bond donors (Lipinski definition) is 3. The lowest BCUT2D eigenvalue weighted by Crippen LogP contribution is -2.37. The number of carbonyl (C=O) groups is 3. The lowest BCUT2D eigenvalue weighted by Gasteiger charge is -2.27. The second-order valence-electron chi connectivity index (χ2n) is 15.1. The first-order valence-electron chi connectivity index (χ1n) is 18.8. The van der Waals surface area contributed by atoms with Crippen molar-refractivity contribution in [1.29, 1.82) is 0 Å². The molecule has 53 heavy (non-hydrogen) atoms. The van der Waals surface area contributed by atoms with Gasteiger partial charge in [0.1, 0.15) is 18.1 Å². The number of anilines is 2. The molecule has 1 aliphatic carbocycles. The Bertz CT molecular complexity index is 1690. The smallest absolute Gasteiger partial charge is 0.255 e. The van der Waals surface area contributed by atoms with Crippen LogP contribution in [0.3, 0.4) is 0 Å². The number of benzene rings is 3. The van der Waals surface area contributed by atoms with Crippen LogP contribution in [0.5, 0.6) is 17.2 Å². The zero-order chi connectivity index (χ0) is 38.5. The van der Waals surface area contributed by atoms with E-state index in [1.165, 1.54) is 18.2 Å². The minimum Gasteiger partial charge on any atom is -0.491 e. The van der Waals surface area contributed by atoms with Crippen molar-refractivity contribution in [2.45, 2.75) is 80.2 Å². The number of hydrogen-bond acceptors (Lipinski definition) is 7. The van der Waals surface area contributed by atoms with E-state index >= 15 is 0 Å². The van der Waals surface area contributed by atoms with Gasteiger partial charge in [-0.3, -0.25) is 14.4 Å². The first kappa shape index (κ1) is 41.1. The van der Waals surface area contributed by atoms with E-state index in [4.69, 9.17) is 18.9 Å². The average Bonchev–Trinajstić information content (AvgIpc) is 3.11. The number of ether oxygens (including phenoxy) is 4. The first-order chi connectivity index (χ1) is 25.3. The lowest BCUT2D eigenvalue weighted by atomic mass is 9.87. The molecule has 0 heterocycles. The van der Waals surface area contributed by atoms with Gasteiger partial charge in [-0.1, -0.05) is 48.5 Å². The largest absolute Gasteiger partial charge is 0.491 e. The molecule has 3 aromatic rings. The monoisotopic (exact) mass is 733 g/mol. The molecule has 0 unspecified atom stereocenters. The van der Waals surface area contributed by atoms with Crippen LogP contribution < -0.4 is 30.2 Å². The SMILES string of the molecule is CC(C)COCCOc1cc(C(=O)Nc2ccc(C(=O)Nc3ccc(C(=O)N[C@H]4CC[C@H](C)CC4)cc3OCC(C)C)cc2OCC(C)C)ccc1F. The normalized spacial score (nSPS) is 15.7.